The van der Waals surface area contributed by atoms with Gasteiger partial charge in [-0.1, -0.05) is 12.8 Å². The molecule has 0 heterocycles. The Morgan fingerprint density at radius 1 is 0.762 bits per heavy atom. The second-order valence-electron chi connectivity index (χ2n) is 5.17. The summed E-state index contributed by atoms with van der Waals surface area (Å²) in [6, 6.07) is 0. The summed E-state index contributed by atoms with van der Waals surface area (Å²) in [6.07, 6.45) is 5.12. The zero-order valence-corrected chi connectivity index (χ0v) is 12.7. The van der Waals surface area contributed by atoms with Gasteiger partial charge in [-0.15, -0.1) is 0 Å². The van der Waals surface area contributed by atoms with Gasteiger partial charge in [0.1, 0.15) is 11.6 Å². The molecule has 2 fully saturated rings. The first-order valence-electron chi connectivity index (χ1n) is 6.90. The van der Waals surface area contributed by atoms with Crippen molar-refractivity contribution in [2.75, 3.05) is 0 Å². The van der Waals surface area contributed by atoms with E-state index >= 15 is 0 Å². The van der Waals surface area contributed by atoms with Crippen molar-refractivity contribution in [1.82, 2.24) is 0 Å². The van der Waals surface area contributed by atoms with E-state index in [2.05, 4.69) is 0 Å². The van der Waals surface area contributed by atoms with E-state index in [1.54, 1.807) is 0 Å². The molecule has 0 aromatic heterocycles. The normalized spacial score (nSPS) is 25.1. The van der Waals surface area contributed by atoms with Gasteiger partial charge in [0, 0.05) is 12.8 Å². The van der Waals surface area contributed by atoms with Crippen LogP contribution >= 0.6 is 0 Å². The number of hydrogen-bond donors (Lipinski definition) is 0. The van der Waals surface area contributed by atoms with Crippen LogP contribution in [0.4, 0.5) is 0 Å². The zero-order chi connectivity index (χ0) is 15.1. The molecule has 0 aromatic carbocycles. The summed E-state index contributed by atoms with van der Waals surface area (Å²) in [6.45, 7) is 0. The van der Waals surface area contributed by atoms with Crippen molar-refractivity contribution in [2.45, 2.75) is 51.4 Å². The van der Waals surface area contributed by atoms with Crippen LogP contribution in [0.15, 0.2) is 0 Å². The maximum Gasteiger partial charge on any atom is 2.00 e. The minimum Gasteiger partial charge on any atom is -0.549 e. The Kier molecular flexibility index (Phi) is 9.13. The maximum absolute atomic E-state index is 10.8. The van der Waals surface area contributed by atoms with E-state index in [9.17, 15) is 29.4 Å². The monoisotopic (exact) mass is 338 g/mol. The fraction of sp³-hybridized carbons (Fsp3) is 0.714. The van der Waals surface area contributed by atoms with E-state index in [4.69, 9.17) is 0 Å². The first-order valence-corrected chi connectivity index (χ1v) is 6.90. The van der Waals surface area contributed by atoms with Crippen molar-refractivity contribution in [2.24, 2.45) is 11.8 Å². The molecule has 118 valence electrons. The molecule has 0 spiro atoms. The first-order chi connectivity index (χ1) is 9.43. The van der Waals surface area contributed by atoms with E-state index in [1.807, 2.05) is 0 Å². The molecule has 0 radical (unpaired) electrons. The van der Waals surface area contributed by atoms with Crippen molar-refractivity contribution in [3.05, 3.63) is 0 Å². The predicted molar refractivity (Wildman–Crippen MR) is 63.9 cm³/mol. The van der Waals surface area contributed by atoms with Crippen LogP contribution in [0.2, 0.25) is 0 Å². The second kappa shape index (κ2) is 9.68. The molecule has 2 aliphatic rings. The molecule has 0 aromatic rings. The number of hydrogen-bond acceptors (Lipinski definition) is 6. The summed E-state index contributed by atoms with van der Waals surface area (Å²) in [5, 5.41) is 20.5. The van der Waals surface area contributed by atoms with Crippen LogP contribution in [-0.4, -0.2) is 23.5 Å². The summed E-state index contributed by atoms with van der Waals surface area (Å²) in [4.78, 5) is 42.1. The Bertz CT molecular complexity index is 368. The van der Waals surface area contributed by atoms with E-state index in [0.717, 1.165) is 25.7 Å². The number of carbonyl (C=O) groups excluding carboxylic acids is 4. The van der Waals surface area contributed by atoms with Crippen molar-refractivity contribution >= 4 is 23.5 Å². The van der Waals surface area contributed by atoms with Crippen LogP contribution in [0.3, 0.4) is 0 Å². The third kappa shape index (κ3) is 6.40. The van der Waals surface area contributed by atoms with E-state index in [0.29, 0.717) is 25.7 Å². The summed E-state index contributed by atoms with van der Waals surface area (Å²) in [7, 11) is 0. The molecule has 2 saturated carbocycles. The van der Waals surface area contributed by atoms with Gasteiger partial charge >= 0.3 is 17.1 Å². The van der Waals surface area contributed by atoms with Crippen LogP contribution in [0, 0.1) is 11.8 Å². The molecule has 0 aliphatic heterocycles. The zero-order valence-electron chi connectivity index (χ0n) is 11.6. The molecule has 0 N–H and O–H groups in total. The van der Waals surface area contributed by atoms with E-state index in [1.165, 1.54) is 0 Å². The van der Waals surface area contributed by atoms with Crippen molar-refractivity contribution in [3.63, 3.8) is 0 Å². The Morgan fingerprint density at radius 2 is 1.10 bits per heavy atom. The van der Waals surface area contributed by atoms with Gasteiger partial charge in [-0.3, -0.25) is 9.59 Å². The molecule has 6 nitrogen and oxygen atoms in total. The van der Waals surface area contributed by atoms with Gasteiger partial charge in [0.05, 0.1) is 23.8 Å². The number of carboxylic acid groups (broad SMARTS) is 2. The largest absolute Gasteiger partial charge is 2.00 e. The molecule has 2 rings (SSSR count). The fourth-order valence-electron chi connectivity index (χ4n) is 2.46. The maximum atomic E-state index is 10.8. The number of carbonyl (C=O) groups is 4. The van der Waals surface area contributed by atoms with Crippen molar-refractivity contribution in [1.29, 1.82) is 0 Å². The van der Waals surface area contributed by atoms with Gasteiger partial charge in [0.2, 0.25) is 0 Å². The Morgan fingerprint density at radius 3 is 1.29 bits per heavy atom. The number of ketones is 2. The summed E-state index contributed by atoms with van der Waals surface area (Å²) >= 11 is 0. The van der Waals surface area contributed by atoms with Crippen LogP contribution in [0.25, 0.3) is 0 Å². The summed E-state index contributed by atoms with van der Waals surface area (Å²) < 4.78 is 0. The molecule has 0 saturated heterocycles. The first kappa shape index (κ1) is 19.8. The van der Waals surface area contributed by atoms with Crippen LogP contribution in [0.5, 0.6) is 0 Å². The number of carboxylic acids is 2. The molecule has 0 amide bonds. The van der Waals surface area contributed by atoms with Gasteiger partial charge in [0.25, 0.3) is 0 Å². The number of aliphatic carboxylic acids is 2. The average molecular weight is 338 g/mol. The minimum absolute atomic E-state index is 0. The summed E-state index contributed by atoms with van der Waals surface area (Å²) in [5.74, 6) is -4.35. The predicted octanol–water partition coefficient (Wildman–Crippen LogP) is -1.01. The standard InChI is InChI=1S/2C7H10O3.Fe/c2*8-6-4-2-1-3-5(6)7(9)10;/h2*5H,1-4H2,(H,9,10);/q;;+2/p-2. The third-order valence-electron chi connectivity index (χ3n) is 3.68. The SMILES string of the molecule is O=C([O-])C1CCCCC1=O.O=C([O-])C1CCCCC1=O.[Fe+2]. The Hall–Kier alpha value is -1.20. The van der Waals surface area contributed by atoms with Crippen molar-refractivity contribution in [3.8, 4) is 0 Å². The van der Waals surface area contributed by atoms with Gasteiger partial charge in [-0.2, -0.15) is 0 Å². The minimum atomic E-state index is -1.20. The molecule has 0 bridgehead atoms. The molecule has 2 unspecified atom stereocenters. The molecular formula is C14H18FeO6. The third-order valence-corrected chi connectivity index (χ3v) is 3.68. The number of rotatable bonds is 2. The van der Waals surface area contributed by atoms with Gasteiger partial charge in [-0.25, -0.2) is 0 Å². The van der Waals surface area contributed by atoms with Crippen molar-refractivity contribution < 1.29 is 46.5 Å². The van der Waals surface area contributed by atoms with Crippen LogP contribution < -0.4 is 10.2 Å². The molecule has 7 heteroatoms. The van der Waals surface area contributed by atoms with E-state index in [-0.39, 0.29) is 28.6 Å². The fourth-order valence-corrected chi connectivity index (χ4v) is 2.46. The molecule has 2 atom stereocenters. The van der Waals surface area contributed by atoms with Gasteiger partial charge < -0.3 is 19.8 Å². The van der Waals surface area contributed by atoms with E-state index < -0.39 is 23.8 Å². The van der Waals surface area contributed by atoms with Gasteiger partial charge in [0.15, 0.2) is 0 Å². The van der Waals surface area contributed by atoms with Gasteiger partial charge in [-0.05, 0) is 25.7 Å². The average Bonchev–Trinajstić information content (AvgIpc) is 2.40. The van der Waals surface area contributed by atoms with Crippen LogP contribution in [0.1, 0.15) is 51.4 Å². The topological polar surface area (TPSA) is 114 Å². The molecule has 2 aliphatic carbocycles. The van der Waals surface area contributed by atoms with Crippen LogP contribution in [-0.2, 0) is 36.2 Å². The second-order valence-corrected chi connectivity index (χ2v) is 5.17. The number of Topliss-reactive ketones (excluding diaryl/α,β-unsaturated/α-hetero) is 2. The molecular weight excluding hydrogens is 320 g/mol. The molecule has 21 heavy (non-hydrogen) atoms. The quantitative estimate of drug-likeness (QED) is 0.471. The summed E-state index contributed by atoms with van der Waals surface area (Å²) in [5.41, 5.74) is 0. The Balaban J connectivity index is 0.000000364. The smallest absolute Gasteiger partial charge is 0.549 e. The Labute approximate surface area is 133 Å².